The summed E-state index contributed by atoms with van der Waals surface area (Å²) in [5.41, 5.74) is 2.10. The Labute approximate surface area is 149 Å². The molecular weight excluding hydrogens is 338 g/mol. The topological polar surface area (TPSA) is 109 Å². The average Bonchev–Trinajstić information content (AvgIpc) is 3.30. The van der Waals surface area contributed by atoms with Crippen LogP contribution in [-0.2, 0) is 4.79 Å². The molecule has 136 valence electrons. The molecule has 0 unspecified atom stereocenters. The molecule has 1 aliphatic heterocycles. The van der Waals surface area contributed by atoms with Gasteiger partial charge in [-0.2, -0.15) is 9.97 Å². The van der Waals surface area contributed by atoms with Gasteiger partial charge in [-0.05, 0) is 18.2 Å². The predicted molar refractivity (Wildman–Crippen MR) is 92.4 cm³/mol. The summed E-state index contributed by atoms with van der Waals surface area (Å²) >= 11 is 0. The third-order valence-corrected chi connectivity index (χ3v) is 4.43. The Kier molecular flexibility index (Phi) is 3.87. The van der Waals surface area contributed by atoms with Gasteiger partial charge in [0.05, 0.1) is 6.10 Å². The lowest BCUT2D eigenvalue weighted by Gasteiger charge is -2.19. The number of fused-ring (bicyclic) bond motifs is 1. The number of aliphatic hydroxyl groups is 1. The number of hydrogen-bond donors (Lipinski definition) is 1. The molecule has 0 spiro atoms. The van der Waals surface area contributed by atoms with E-state index < -0.39 is 12.1 Å². The average molecular weight is 357 g/mol. The maximum atomic E-state index is 11.8. The Morgan fingerprint density at radius 1 is 1.35 bits per heavy atom. The molecule has 2 atom stereocenters. The van der Waals surface area contributed by atoms with Gasteiger partial charge in [-0.3, -0.25) is 4.79 Å². The van der Waals surface area contributed by atoms with Gasteiger partial charge in [-0.1, -0.05) is 5.16 Å². The number of rotatable bonds is 3. The van der Waals surface area contributed by atoms with Gasteiger partial charge in [0.25, 0.3) is 6.01 Å². The number of hydrogen-bond acceptors (Lipinski definition) is 8. The first kappa shape index (κ1) is 16.5. The monoisotopic (exact) mass is 357 g/mol. The molecular formula is C17H19N5O4. The van der Waals surface area contributed by atoms with Crippen molar-refractivity contribution in [1.82, 2.24) is 20.0 Å². The number of nitrogens with zero attached hydrogens (tertiary/aromatic N) is 5. The fraction of sp³-hybridized carbons (Fsp3) is 0.412. The van der Waals surface area contributed by atoms with Crippen LogP contribution in [0.15, 0.2) is 27.1 Å². The van der Waals surface area contributed by atoms with Crippen LogP contribution < -0.4 is 4.90 Å². The summed E-state index contributed by atoms with van der Waals surface area (Å²) in [6.45, 7) is 1.74. The normalized spacial score (nSPS) is 20.1. The highest BCUT2D eigenvalue weighted by atomic mass is 16.5. The van der Waals surface area contributed by atoms with Crippen LogP contribution >= 0.6 is 0 Å². The van der Waals surface area contributed by atoms with Crippen LogP contribution in [0.25, 0.3) is 22.5 Å². The van der Waals surface area contributed by atoms with Crippen LogP contribution in [0, 0.1) is 0 Å². The van der Waals surface area contributed by atoms with Crippen molar-refractivity contribution in [3.8, 4) is 11.4 Å². The molecule has 1 N–H and O–H groups in total. The summed E-state index contributed by atoms with van der Waals surface area (Å²) in [4.78, 5) is 23.9. The Hall–Kier alpha value is -2.94. The van der Waals surface area contributed by atoms with Gasteiger partial charge in [0.15, 0.2) is 5.58 Å². The molecule has 4 rings (SSSR count). The largest absolute Gasteiger partial charge is 0.423 e. The Morgan fingerprint density at radius 3 is 2.88 bits per heavy atom. The first-order chi connectivity index (χ1) is 12.4. The number of carbonyl (C=O) groups excluding carboxylic acids is 1. The second-order valence-corrected chi connectivity index (χ2v) is 6.61. The van der Waals surface area contributed by atoms with E-state index in [0.717, 1.165) is 5.56 Å². The van der Waals surface area contributed by atoms with Crippen LogP contribution in [0.1, 0.15) is 25.3 Å². The zero-order valence-corrected chi connectivity index (χ0v) is 14.7. The number of benzene rings is 1. The van der Waals surface area contributed by atoms with Gasteiger partial charge < -0.3 is 23.8 Å². The van der Waals surface area contributed by atoms with Gasteiger partial charge in [0.2, 0.25) is 17.6 Å². The minimum Gasteiger partial charge on any atom is -0.423 e. The van der Waals surface area contributed by atoms with Crippen molar-refractivity contribution in [1.29, 1.82) is 0 Å². The highest BCUT2D eigenvalue weighted by Crippen LogP contribution is 2.33. The molecule has 1 aliphatic rings. The number of aromatic nitrogens is 3. The molecule has 2 aromatic heterocycles. The first-order valence-electron chi connectivity index (χ1n) is 8.29. The standard InChI is InChI=1S/C17H19N5O4/c1-9(23)22-8-11(24)7-13(22)16-19-15(20-26-16)10-4-5-14-12(6-10)18-17(25-14)21(2)3/h4-6,11,13,24H,7-8H2,1-3H3/t11-,13+/m0/s1. The Balaban J connectivity index is 1.65. The fourth-order valence-electron chi connectivity index (χ4n) is 3.13. The van der Waals surface area contributed by atoms with E-state index in [-0.39, 0.29) is 12.5 Å². The molecule has 1 fully saturated rings. The van der Waals surface area contributed by atoms with Crippen molar-refractivity contribution >= 4 is 23.0 Å². The summed E-state index contributed by atoms with van der Waals surface area (Å²) in [5.74, 6) is 0.591. The van der Waals surface area contributed by atoms with E-state index in [1.807, 2.05) is 32.3 Å². The van der Waals surface area contributed by atoms with Crippen molar-refractivity contribution in [2.24, 2.45) is 0 Å². The quantitative estimate of drug-likeness (QED) is 0.753. The van der Waals surface area contributed by atoms with E-state index >= 15 is 0 Å². The van der Waals surface area contributed by atoms with Crippen molar-refractivity contribution in [2.45, 2.75) is 25.5 Å². The molecule has 0 radical (unpaired) electrons. The number of aliphatic hydroxyl groups excluding tert-OH is 1. The molecule has 26 heavy (non-hydrogen) atoms. The summed E-state index contributed by atoms with van der Waals surface area (Å²) < 4.78 is 11.0. The van der Waals surface area contributed by atoms with Gasteiger partial charge >= 0.3 is 0 Å². The molecule has 1 amide bonds. The minimum atomic E-state index is -0.588. The Morgan fingerprint density at radius 2 is 2.15 bits per heavy atom. The highest BCUT2D eigenvalue weighted by molar-refractivity contribution is 5.80. The van der Waals surface area contributed by atoms with Gasteiger partial charge in [-0.25, -0.2) is 0 Å². The number of β-amino-alcohol motifs (C(OH)–C–C–N with tert-alkyl or cyclic N) is 1. The maximum Gasteiger partial charge on any atom is 0.297 e. The van der Waals surface area contributed by atoms with Crippen molar-refractivity contribution in [2.75, 3.05) is 25.5 Å². The van der Waals surface area contributed by atoms with E-state index in [1.54, 1.807) is 9.80 Å². The number of amides is 1. The number of anilines is 1. The maximum absolute atomic E-state index is 11.8. The van der Waals surface area contributed by atoms with Gasteiger partial charge in [-0.15, -0.1) is 0 Å². The second kappa shape index (κ2) is 6.10. The summed E-state index contributed by atoms with van der Waals surface area (Å²) in [5, 5.41) is 13.9. The molecule has 3 aromatic rings. The fourth-order valence-corrected chi connectivity index (χ4v) is 3.13. The highest BCUT2D eigenvalue weighted by Gasteiger charge is 2.37. The van der Waals surface area contributed by atoms with Crippen molar-refractivity contribution in [3.05, 3.63) is 24.1 Å². The molecule has 9 nitrogen and oxygen atoms in total. The molecule has 1 saturated heterocycles. The summed E-state index contributed by atoms with van der Waals surface area (Å²) in [7, 11) is 3.71. The number of oxazole rings is 1. The van der Waals surface area contributed by atoms with Crippen LogP contribution in [0.3, 0.4) is 0 Å². The molecule has 0 aliphatic carbocycles. The summed E-state index contributed by atoms with van der Waals surface area (Å²) in [6.07, 6.45) is -0.203. The molecule has 0 saturated carbocycles. The van der Waals surface area contributed by atoms with Gasteiger partial charge in [0, 0.05) is 39.5 Å². The lowest BCUT2D eigenvalue weighted by molar-refractivity contribution is -0.130. The molecule has 0 bridgehead atoms. The van der Waals surface area contributed by atoms with Crippen molar-refractivity contribution in [3.63, 3.8) is 0 Å². The van der Waals surface area contributed by atoms with E-state index in [4.69, 9.17) is 8.94 Å². The first-order valence-corrected chi connectivity index (χ1v) is 8.29. The zero-order chi connectivity index (χ0) is 18.4. The number of likely N-dealkylation sites (tertiary alicyclic amines) is 1. The second-order valence-electron chi connectivity index (χ2n) is 6.61. The SMILES string of the molecule is CC(=O)N1C[C@@H](O)C[C@@H]1c1nc(-c2ccc3oc(N(C)C)nc3c2)no1. The van der Waals surface area contributed by atoms with Crippen LogP contribution in [0.2, 0.25) is 0 Å². The lowest BCUT2D eigenvalue weighted by atomic mass is 10.2. The lowest BCUT2D eigenvalue weighted by Crippen LogP contribution is -2.29. The third-order valence-electron chi connectivity index (χ3n) is 4.43. The third kappa shape index (κ3) is 2.80. The molecule has 3 heterocycles. The minimum absolute atomic E-state index is 0.133. The van der Waals surface area contributed by atoms with Crippen LogP contribution in [0.5, 0.6) is 0 Å². The van der Waals surface area contributed by atoms with Crippen LogP contribution in [-0.4, -0.2) is 57.8 Å². The summed E-state index contributed by atoms with van der Waals surface area (Å²) in [6, 6.07) is 5.57. The smallest absolute Gasteiger partial charge is 0.297 e. The van der Waals surface area contributed by atoms with E-state index in [9.17, 15) is 9.90 Å². The Bertz CT molecular complexity index is 963. The molecule has 1 aromatic carbocycles. The van der Waals surface area contributed by atoms with E-state index in [0.29, 0.717) is 35.3 Å². The zero-order valence-electron chi connectivity index (χ0n) is 14.7. The van der Waals surface area contributed by atoms with Gasteiger partial charge in [0.1, 0.15) is 11.6 Å². The number of carbonyl (C=O) groups is 1. The van der Waals surface area contributed by atoms with Crippen LogP contribution in [0.4, 0.5) is 6.01 Å². The van der Waals surface area contributed by atoms with E-state index in [2.05, 4.69) is 15.1 Å². The van der Waals surface area contributed by atoms with Crippen molar-refractivity contribution < 1.29 is 18.8 Å². The molecule has 9 heteroatoms. The predicted octanol–water partition coefficient (Wildman–Crippen LogP) is 1.60. The van der Waals surface area contributed by atoms with E-state index in [1.165, 1.54) is 6.92 Å².